The Bertz CT molecular complexity index is 423. The first-order chi connectivity index (χ1) is 6.74. The summed E-state index contributed by atoms with van der Waals surface area (Å²) in [6, 6.07) is 3.88. The lowest BCUT2D eigenvalue weighted by Crippen LogP contribution is -2.00. The number of aliphatic hydroxyl groups is 1. The van der Waals surface area contributed by atoms with Crippen LogP contribution in [0.4, 0.5) is 0 Å². The molecule has 0 bridgehead atoms. The van der Waals surface area contributed by atoms with E-state index in [1.54, 1.807) is 6.92 Å². The van der Waals surface area contributed by atoms with Gasteiger partial charge in [0.15, 0.2) is 0 Å². The predicted octanol–water partition coefficient (Wildman–Crippen LogP) is 3.03. The fraction of sp³-hybridized carbons (Fsp3) is 0.455. The largest absolute Gasteiger partial charge is 0.389 e. The predicted molar refractivity (Wildman–Crippen MR) is 53.1 cm³/mol. The van der Waals surface area contributed by atoms with E-state index in [0.29, 0.717) is 5.58 Å². The molecule has 1 aromatic heterocycles. The smallest absolute Gasteiger partial charge is 0.231 e. The van der Waals surface area contributed by atoms with E-state index in [4.69, 9.17) is 9.15 Å². The highest BCUT2D eigenvalue weighted by molar-refractivity contribution is 5.76. The third-order valence-electron chi connectivity index (χ3n) is 2.40. The van der Waals surface area contributed by atoms with Crippen LogP contribution in [0, 0.1) is 0 Å². The Labute approximate surface area is 82.2 Å². The molecular weight excluding hydrogens is 180 g/mol. The highest BCUT2D eigenvalue weighted by Gasteiger charge is 2.18. The lowest BCUT2D eigenvalue weighted by molar-refractivity contribution is 0.0551. The van der Waals surface area contributed by atoms with E-state index in [9.17, 15) is 5.11 Å². The maximum atomic E-state index is 9.63. The SMILES string of the molecule is CCCc1ccc2ooc2c1C(C)O. The van der Waals surface area contributed by atoms with Crippen molar-refractivity contribution in [2.45, 2.75) is 32.8 Å². The summed E-state index contributed by atoms with van der Waals surface area (Å²) < 4.78 is 9.68. The van der Waals surface area contributed by atoms with E-state index in [0.717, 1.165) is 29.6 Å². The number of rotatable bonds is 3. The molecule has 3 nitrogen and oxygen atoms in total. The quantitative estimate of drug-likeness (QED) is 0.764. The number of aliphatic hydroxyl groups excluding tert-OH is 1. The highest BCUT2D eigenvalue weighted by atomic mass is 17.0. The Morgan fingerprint density at radius 1 is 1.36 bits per heavy atom. The van der Waals surface area contributed by atoms with Gasteiger partial charge in [0, 0.05) is 5.56 Å². The van der Waals surface area contributed by atoms with Gasteiger partial charge in [-0.15, -0.1) is 0 Å². The normalized spacial score (nSPS) is 13.6. The summed E-state index contributed by atoms with van der Waals surface area (Å²) in [5.74, 6) is 0. The lowest BCUT2D eigenvalue weighted by atomic mass is 9.98. The zero-order valence-electron chi connectivity index (χ0n) is 8.41. The monoisotopic (exact) mass is 194 g/mol. The van der Waals surface area contributed by atoms with Gasteiger partial charge in [0.25, 0.3) is 0 Å². The van der Waals surface area contributed by atoms with Gasteiger partial charge in [-0.3, -0.25) is 9.15 Å². The van der Waals surface area contributed by atoms with E-state index >= 15 is 0 Å². The molecule has 2 aromatic rings. The lowest BCUT2D eigenvalue weighted by Gasteiger charge is -2.13. The van der Waals surface area contributed by atoms with Crippen molar-refractivity contribution in [1.82, 2.24) is 0 Å². The average Bonchev–Trinajstić information content (AvgIpc) is 2.09. The van der Waals surface area contributed by atoms with Crippen LogP contribution >= 0.6 is 0 Å². The van der Waals surface area contributed by atoms with Gasteiger partial charge >= 0.3 is 0 Å². The first kappa shape index (κ1) is 9.34. The summed E-state index contributed by atoms with van der Waals surface area (Å²) in [5.41, 5.74) is 3.44. The van der Waals surface area contributed by atoms with Crippen LogP contribution in [0.3, 0.4) is 0 Å². The maximum Gasteiger partial charge on any atom is 0.231 e. The Kier molecular flexibility index (Phi) is 2.33. The van der Waals surface area contributed by atoms with Gasteiger partial charge < -0.3 is 5.11 Å². The maximum absolute atomic E-state index is 9.63. The van der Waals surface area contributed by atoms with Gasteiger partial charge in [0.2, 0.25) is 11.2 Å². The molecule has 76 valence electrons. The summed E-state index contributed by atoms with van der Waals surface area (Å²) in [6.45, 7) is 3.86. The molecule has 3 heteroatoms. The third kappa shape index (κ3) is 1.34. The van der Waals surface area contributed by atoms with Crippen LogP contribution in [0.5, 0.6) is 0 Å². The summed E-state index contributed by atoms with van der Waals surface area (Å²) in [6.07, 6.45) is 1.51. The van der Waals surface area contributed by atoms with Gasteiger partial charge in [0.1, 0.15) is 0 Å². The molecule has 1 atom stereocenters. The second-order valence-corrected chi connectivity index (χ2v) is 3.56. The Hall–Kier alpha value is -1.22. The van der Waals surface area contributed by atoms with Crippen LogP contribution in [0.1, 0.15) is 37.5 Å². The number of benzene rings is 1. The Morgan fingerprint density at radius 3 is 2.64 bits per heavy atom. The van der Waals surface area contributed by atoms with Crippen molar-refractivity contribution in [1.29, 1.82) is 0 Å². The molecule has 2 rings (SSSR count). The minimum Gasteiger partial charge on any atom is -0.389 e. The minimum absolute atomic E-state index is 0.504. The van der Waals surface area contributed by atoms with Crippen molar-refractivity contribution in [2.75, 3.05) is 0 Å². The second kappa shape index (κ2) is 3.50. The van der Waals surface area contributed by atoms with Crippen molar-refractivity contribution in [3.05, 3.63) is 23.3 Å². The van der Waals surface area contributed by atoms with Crippen LogP contribution in [0.25, 0.3) is 11.2 Å². The van der Waals surface area contributed by atoms with Gasteiger partial charge in [-0.05, 0) is 25.0 Å². The van der Waals surface area contributed by atoms with Crippen LogP contribution in [-0.4, -0.2) is 5.11 Å². The number of fused-ring (bicyclic) bond motifs is 1. The zero-order chi connectivity index (χ0) is 10.1. The summed E-state index contributed by atoms with van der Waals surface area (Å²) in [5, 5.41) is 9.63. The first-order valence-corrected chi connectivity index (χ1v) is 4.92. The van der Waals surface area contributed by atoms with Crippen molar-refractivity contribution in [3.8, 4) is 0 Å². The molecule has 14 heavy (non-hydrogen) atoms. The van der Waals surface area contributed by atoms with Crippen LogP contribution in [0.2, 0.25) is 0 Å². The van der Waals surface area contributed by atoms with E-state index in [1.807, 2.05) is 12.1 Å². The van der Waals surface area contributed by atoms with E-state index in [2.05, 4.69) is 6.92 Å². The van der Waals surface area contributed by atoms with Crippen molar-refractivity contribution in [2.24, 2.45) is 0 Å². The molecule has 0 amide bonds. The average molecular weight is 194 g/mol. The Balaban J connectivity index is 2.53. The molecule has 1 aromatic carbocycles. The van der Waals surface area contributed by atoms with Gasteiger partial charge in [0.05, 0.1) is 6.10 Å². The standard InChI is InChI=1S/C11H14O3/c1-3-4-8-5-6-9-11(14-13-9)10(8)7(2)12/h5-7,12H,3-4H2,1-2H3. The van der Waals surface area contributed by atoms with Crippen molar-refractivity contribution < 1.29 is 14.3 Å². The van der Waals surface area contributed by atoms with Gasteiger partial charge in [-0.2, -0.15) is 0 Å². The van der Waals surface area contributed by atoms with E-state index in [-0.39, 0.29) is 0 Å². The molecule has 1 unspecified atom stereocenters. The first-order valence-electron chi connectivity index (χ1n) is 4.92. The number of aryl methyl sites for hydroxylation is 1. The number of hydrogen-bond donors (Lipinski definition) is 1. The molecule has 0 fully saturated rings. The summed E-state index contributed by atoms with van der Waals surface area (Å²) >= 11 is 0. The van der Waals surface area contributed by atoms with E-state index < -0.39 is 6.10 Å². The molecule has 0 saturated carbocycles. The van der Waals surface area contributed by atoms with Crippen LogP contribution < -0.4 is 0 Å². The Morgan fingerprint density at radius 2 is 2.14 bits per heavy atom. The van der Waals surface area contributed by atoms with E-state index in [1.165, 1.54) is 0 Å². The third-order valence-corrected chi connectivity index (χ3v) is 2.40. The molecule has 0 radical (unpaired) electrons. The molecule has 1 heterocycles. The highest BCUT2D eigenvalue weighted by Crippen LogP contribution is 2.31. The minimum atomic E-state index is -0.504. The topological polar surface area (TPSA) is 46.5 Å². The number of hydrogen-bond acceptors (Lipinski definition) is 3. The molecule has 0 aliphatic heterocycles. The van der Waals surface area contributed by atoms with Gasteiger partial charge in [-0.1, -0.05) is 19.4 Å². The fourth-order valence-electron chi connectivity index (χ4n) is 1.77. The molecule has 0 aliphatic rings. The van der Waals surface area contributed by atoms with Crippen molar-refractivity contribution in [3.63, 3.8) is 0 Å². The summed E-state index contributed by atoms with van der Waals surface area (Å²) in [7, 11) is 0. The zero-order valence-corrected chi connectivity index (χ0v) is 8.41. The van der Waals surface area contributed by atoms with Gasteiger partial charge in [-0.25, -0.2) is 0 Å². The molecule has 0 aliphatic carbocycles. The van der Waals surface area contributed by atoms with Crippen LogP contribution in [-0.2, 0) is 6.42 Å². The summed E-state index contributed by atoms with van der Waals surface area (Å²) in [4.78, 5) is 0. The molecular formula is C11H14O3. The second-order valence-electron chi connectivity index (χ2n) is 3.56. The fourth-order valence-corrected chi connectivity index (χ4v) is 1.77. The molecule has 0 saturated heterocycles. The van der Waals surface area contributed by atoms with Crippen LogP contribution in [0.15, 0.2) is 21.3 Å². The molecule has 0 spiro atoms. The van der Waals surface area contributed by atoms with Crippen molar-refractivity contribution >= 4 is 11.2 Å². The molecule has 1 N–H and O–H groups in total.